The van der Waals surface area contributed by atoms with Gasteiger partial charge >= 0.3 is 10.2 Å². The molecular weight excluding hydrogens is 202 g/mol. The zero-order chi connectivity index (χ0) is 10.6. The topological polar surface area (TPSA) is 75.8 Å². The number of amidine groups is 1. The Kier molecular flexibility index (Phi) is 3.51. The molecule has 0 spiro atoms. The molecule has 0 fully saturated rings. The number of hydrogen-bond acceptors (Lipinski definition) is 3. The number of hydrogen-bond donors (Lipinski definition) is 1. The molecule has 80 valence electrons. The molecule has 0 amide bonds. The quantitative estimate of drug-likeness (QED) is 0.701. The highest BCUT2D eigenvalue weighted by Gasteiger charge is 2.19. The average Bonchev–Trinajstić information content (AvgIpc) is 2.08. The zero-order valence-corrected chi connectivity index (χ0v) is 9.00. The van der Waals surface area contributed by atoms with Crippen LogP contribution in [0.5, 0.6) is 0 Å². The highest BCUT2D eigenvalue weighted by Crippen LogP contribution is 2.10. The predicted molar refractivity (Wildman–Crippen MR) is 55.9 cm³/mol. The van der Waals surface area contributed by atoms with Crippen molar-refractivity contribution in [3.8, 4) is 0 Å². The lowest BCUT2D eigenvalue weighted by Gasteiger charge is -2.19. The summed E-state index contributed by atoms with van der Waals surface area (Å²) < 4.78 is 27.4. The van der Waals surface area contributed by atoms with E-state index in [2.05, 4.69) is 11.3 Å². The summed E-state index contributed by atoms with van der Waals surface area (Å²) in [7, 11) is -3.54. The summed E-state index contributed by atoms with van der Waals surface area (Å²) in [5.41, 5.74) is 5.28. The molecule has 0 radical (unpaired) electrons. The third-order valence-electron chi connectivity index (χ3n) is 1.91. The van der Waals surface area contributed by atoms with Gasteiger partial charge in [-0.05, 0) is 12.5 Å². The molecule has 0 bridgehead atoms. The fourth-order valence-corrected chi connectivity index (χ4v) is 2.17. The minimum absolute atomic E-state index is 0.0386. The van der Waals surface area contributed by atoms with Crippen LogP contribution in [-0.4, -0.2) is 25.1 Å². The molecule has 5 nitrogen and oxygen atoms in total. The standard InChI is InChI=1S/C8H15N3O2S/c1-2-3-4-6-11-7-5-8(9)10-14(11,12)13/h5,7H,2-4,6H2,1H3,(H2,9,10). The van der Waals surface area contributed by atoms with Gasteiger partial charge in [0.25, 0.3) is 0 Å². The number of unbranched alkanes of at least 4 members (excludes halogenated alkanes) is 2. The molecule has 1 aliphatic heterocycles. The monoisotopic (exact) mass is 217 g/mol. The molecule has 1 rings (SSSR count). The van der Waals surface area contributed by atoms with E-state index in [1.807, 2.05) is 0 Å². The van der Waals surface area contributed by atoms with Gasteiger partial charge in [-0.25, -0.2) is 0 Å². The molecule has 1 heterocycles. The van der Waals surface area contributed by atoms with Gasteiger partial charge in [0.05, 0.1) is 0 Å². The van der Waals surface area contributed by atoms with Crippen molar-refractivity contribution in [2.24, 2.45) is 10.1 Å². The minimum Gasteiger partial charge on any atom is -0.383 e. The smallest absolute Gasteiger partial charge is 0.346 e. The third-order valence-corrected chi connectivity index (χ3v) is 3.25. The Balaban J connectivity index is 2.60. The second kappa shape index (κ2) is 4.45. The van der Waals surface area contributed by atoms with Crippen LogP contribution < -0.4 is 5.73 Å². The summed E-state index contributed by atoms with van der Waals surface area (Å²) in [5, 5.41) is 0. The molecule has 0 unspecified atom stereocenters. The molecule has 0 saturated carbocycles. The highest BCUT2D eigenvalue weighted by molar-refractivity contribution is 7.88. The van der Waals surface area contributed by atoms with Crippen LogP contribution >= 0.6 is 0 Å². The van der Waals surface area contributed by atoms with Gasteiger partial charge in [-0.1, -0.05) is 19.8 Å². The molecule has 1 aliphatic rings. The molecule has 14 heavy (non-hydrogen) atoms. The first-order valence-electron chi connectivity index (χ1n) is 4.61. The van der Waals surface area contributed by atoms with E-state index in [4.69, 9.17) is 5.73 Å². The minimum atomic E-state index is -3.54. The SMILES string of the molecule is CCCCCN1C=CC(N)=NS1(=O)=O. The van der Waals surface area contributed by atoms with Gasteiger partial charge in [-0.3, -0.25) is 4.31 Å². The van der Waals surface area contributed by atoms with Crippen LogP contribution in [0.25, 0.3) is 0 Å². The molecule has 0 atom stereocenters. The summed E-state index contributed by atoms with van der Waals surface area (Å²) in [5.74, 6) is 0.0386. The van der Waals surface area contributed by atoms with E-state index in [1.165, 1.54) is 16.6 Å². The van der Waals surface area contributed by atoms with Gasteiger partial charge < -0.3 is 5.73 Å². The van der Waals surface area contributed by atoms with Gasteiger partial charge in [0.1, 0.15) is 5.84 Å². The van der Waals surface area contributed by atoms with Crippen LogP contribution in [0, 0.1) is 0 Å². The summed E-state index contributed by atoms with van der Waals surface area (Å²) in [6.07, 6.45) is 5.87. The normalized spacial score (nSPS) is 19.5. The zero-order valence-electron chi connectivity index (χ0n) is 8.18. The number of rotatable bonds is 4. The summed E-state index contributed by atoms with van der Waals surface area (Å²) >= 11 is 0. The second-order valence-corrected chi connectivity index (χ2v) is 4.67. The van der Waals surface area contributed by atoms with Crippen LogP contribution in [0.3, 0.4) is 0 Å². The van der Waals surface area contributed by atoms with Crippen molar-refractivity contribution >= 4 is 16.0 Å². The fourth-order valence-electron chi connectivity index (χ4n) is 1.16. The molecule has 0 aliphatic carbocycles. The van der Waals surface area contributed by atoms with Crippen molar-refractivity contribution in [1.29, 1.82) is 0 Å². The molecular formula is C8H15N3O2S. The maximum Gasteiger partial charge on any atom is 0.346 e. The Morgan fingerprint density at radius 1 is 1.50 bits per heavy atom. The van der Waals surface area contributed by atoms with Crippen LogP contribution in [-0.2, 0) is 10.2 Å². The van der Waals surface area contributed by atoms with Gasteiger partial charge in [-0.2, -0.15) is 8.42 Å². The molecule has 0 aromatic carbocycles. The molecule has 0 aromatic rings. The molecule has 6 heteroatoms. The maximum atomic E-state index is 11.4. The van der Waals surface area contributed by atoms with Crippen molar-refractivity contribution < 1.29 is 8.42 Å². The Bertz CT molecular complexity index is 346. The van der Waals surface area contributed by atoms with Crippen molar-refractivity contribution in [1.82, 2.24) is 4.31 Å². The van der Waals surface area contributed by atoms with E-state index in [9.17, 15) is 8.42 Å². The van der Waals surface area contributed by atoms with Crippen molar-refractivity contribution in [2.75, 3.05) is 6.54 Å². The summed E-state index contributed by atoms with van der Waals surface area (Å²) in [4.78, 5) is 0. The van der Waals surface area contributed by atoms with Crippen molar-refractivity contribution in [3.63, 3.8) is 0 Å². The van der Waals surface area contributed by atoms with Gasteiger partial charge in [0, 0.05) is 12.7 Å². The predicted octanol–water partition coefficient (Wildman–Crippen LogP) is 0.608. The van der Waals surface area contributed by atoms with Crippen LogP contribution in [0.1, 0.15) is 26.2 Å². The van der Waals surface area contributed by atoms with Crippen LogP contribution in [0.2, 0.25) is 0 Å². The largest absolute Gasteiger partial charge is 0.383 e. The van der Waals surface area contributed by atoms with E-state index < -0.39 is 10.2 Å². The molecule has 0 saturated heterocycles. The fraction of sp³-hybridized carbons (Fsp3) is 0.625. The maximum absolute atomic E-state index is 11.4. The first kappa shape index (κ1) is 11.0. The lowest BCUT2D eigenvalue weighted by molar-refractivity contribution is 0.481. The van der Waals surface area contributed by atoms with Gasteiger partial charge in [0.2, 0.25) is 0 Å². The van der Waals surface area contributed by atoms with Gasteiger partial charge in [-0.15, -0.1) is 4.40 Å². The summed E-state index contributed by atoms with van der Waals surface area (Å²) in [6, 6.07) is 0. The highest BCUT2D eigenvalue weighted by atomic mass is 32.2. The molecule has 2 N–H and O–H groups in total. The number of nitrogens with two attached hydrogens (primary N) is 1. The Hall–Kier alpha value is -1.04. The van der Waals surface area contributed by atoms with Crippen molar-refractivity contribution in [2.45, 2.75) is 26.2 Å². The van der Waals surface area contributed by atoms with Crippen LogP contribution in [0.15, 0.2) is 16.7 Å². The Morgan fingerprint density at radius 3 is 2.79 bits per heavy atom. The van der Waals surface area contributed by atoms with E-state index in [0.717, 1.165) is 19.3 Å². The average molecular weight is 217 g/mol. The van der Waals surface area contributed by atoms with E-state index in [-0.39, 0.29) is 5.84 Å². The first-order valence-corrected chi connectivity index (χ1v) is 6.01. The lowest BCUT2D eigenvalue weighted by atomic mass is 10.2. The summed E-state index contributed by atoms with van der Waals surface area (Å²) in [6.45, 7) is 2.54. The second-order valence-electron chi connectivity index (χ2n) is 3.13. The van der Waals surface area contributed by atoms with Crippen LogP contribution in [0.4, 0.5) is 0 Å². The molecule has 0 aromatic heterocycles. The number of nitrogens with zero attached hydrogens (tertiary/aromatic N) is 2. The first-order chi connectivity index (χ1) is 6.56. The van der Waals surface area contributed by atoms with E-state index >= 15 is 0 Å². The van der Waals surface area contributed by atoms with E-state index in [1.54, 1.807) is 0 Å². The lowest BCUT2D eigenvalue weighted by Crippen LogP contribution is -2.31. The Labute approximate surface area is 84.5 Å². The third kappa shape index (κ3) is 2.73. The van der Waals surface area contributed by atoms with Crippen molar-refractivity contribution in [3.05, 3.63) is 12.3 Å². The Morgan fingerprint density at radius 2 is 2.21 bits per heavy atom. The van der Waals surface area contributed by atoms with E-state index in [0.29, 0.717) is 6.54 Å². The van der Waals surface area contributed by atoms with Gasteiger partial charge in [0.15, 0.2) is 0 Å².